The fraction of sp³-hybridized carbons (Fsp3) is 0.750. The maximum absolute atomic E-state index is 5.37. The summed E-state index contributed by atoms with van der Waals surface area (Å²) in [5, 5.41) is 0. The van der Waals surface area contributed by atoms with Crippen LogP contribution in [0.25, 0.3) is 0 Å². The maximum atomic E-state index is 5.37. The smallest absolute Gasteiger partial charge is 0.0792 e. The van der Waals surface area contributed by atoms with Crippen LogP contribution in [-0.4, -0.2) is 24.0 Å². The van der Waals surface area contributed by atoms with E-state index >= 15 is 0 Å². The van der Waals surface area contributed by atoms with Gasteiger partial charge in [0.25, 0.3) is 0 Å². The molecular weight excluding hydrogens is 110 g/mol. The Bertz CT molecular complexity index is 145. The lowest BCUT2D eigenvalue weighted by atomic mass is 10.0. The molecule has 0 aromatic rings. The van der Waals surface area contributed by atoms with Gasteiger partial charge in [-0.2, -0.15) is 0 Å². The lowest BCUT2D eigenvalue weighted by Gasteiger charge is -2.25. The van der Waals surface area contributed by atoms with Crippen LogP contribution in [0.3, 0.4) is 0 Å². The second-order valence-corrected chi connectivity index (χ2v) is 2.94. The van der Waals surface area contributed by atoms with Gasteiger partial charge in [0.2, 0.25) is 0 Å². The Labute approximate surface area is 57.0 Å². The fourth-order valence-electron chi connectivity index (χ4n) is 1.28. The van der Waals surface area contributed by atoms with Crippen molar-refractivity contribution in [1.82, 2.24) is 4.90 Å². The minimum atomic E-state index is 0.0556. The highest BCUT2D eigenvalue weighted by molar-refractivity contribution is 5.12. The molecule has 1 saturated heterocycles. The topological polar surface area (TPSA) is 3.24 Å². The van der Waals surface area contributed by atoms with Crippen molar-refractivity contribution >= 4 is 0 Å². The summed E-state index contributed by atoms with van der Waals surface area (Å²) in [6.45, 7) is 3.28. The number of rotatable bonds is 0. The van der Waals surface area contributed by atoms with Gasteiger partial charge >= 0.3 is 0 Å². The van der Waals surface area contributed by atoms with Crippen molar-refractivity contribution < 1.29 is 0 Å². The minimum Gasteiger partial charge on any atom is -0.291 e. The van der Waals surface area contributed by atoms with Gasteiger partial charge in [-0.3, -0.25) is 4.90 Å². The molecule has 0 amide bonds. The van der Waals surface area contributed by atoms with E-state index in [2.05, 4.69) is 24.8 Å². The summed E-state index contributed by atoms with van der Waals surface area (Å²) in [7, 11) is 2.09. The molecule has 0 N–H and O–H groups in total. The monoisotopic (exact) mass is 123 g/mol. The highest BCUT2D eigenvalue weighted by Crippen LogP contribution is 2.25. The average Bonchev–Trinajstić information content (AvgIpc) is 2.15. The van der Waals surface area contributed by atoms with Crippen LogP contribution in [0.1, 0.15) is 19.8 Å². The van der Waals surface area contributed by atoms with Crippen molar-refractivity contribution in [3.8, 4) is 12.3 Å². The first-order valence-electron chi connectivity index (χ1n) is 3.38. The molecule has 50 valence electrons. The molecule has 1 aliphatic rings. The molecule has 0 radical (unpaired) electrons. The molecule has 1 aliphatic heterocycles. The summed E-state index contributed by atoms with van der Waals surface area (Å²) in [6, 6.07) is 0. The summed E-state index contributed by atoms with van der Waals surface area (Å²) < 4.78 is 0. The third kappa shape index (κ3) is 0.951. The molecule has 0 aliphatic carbocycles. The molecule has 1 heterocycles. The number of nitrogens with zero attached hydrogens (tertiary/aromatic N) is 1. The number of hydrogen-bond acceptors (Lipinski definition) is 1. The van der Waals surface area contributed by atoms with Crippen LogP contribution in [0, 0.1) is 12.3 Å². The van der Waals surface area contributed by atoms with E-state index in [0.717, 1.165) is 13.0 Å². The summed E-state index contributed by atoms with van der Waals surface area (Å²) >= 11 is 0. The van der Waals surface area contributed by atoms with Crippen molar-refractivity contribution in [2.45, 2.75) is 25.3 Å². The first-order chi connectivity index (χ1) is 4.19. The second kappa shape index (κ2) is 2.04. The quantitative estimate of drug-likeness (QED) is 0.436. The van der Waals surface area contributed by atoms with E-state index in [1.807, 2.05) is 0 Å². The van der Waals surface area contributed by atoms with Gasteiger partial charge in [0.15, 0.2) is 0 Å². The van der Waals surface area contributed by atoms with Gasteiger partial charge < -0.3 is 0 Å². The van der Waals surface area contributed by atoms with E-state index in [-0.39, 0.29) is 5.54 Å². The standard InChI is InChI=1S/C8H13N/c1-4-8(2)6-5-7-9(8)3/h1H,5-7H2,2-3H3/t8-/m0/s1. The average molecular weight is 123 g/mol. The number of likely N-dealkylation sites (tertiary alicyclic amines) is 1. The van der Waals surface area contributed by atoms with E-state index in [9.17, 15) is 0 Å². The van der Waals surface area contributed by atoms with Crippen LogP contribution >= 0.6 is 0 Å². The molecule has 1 heteroatoms. The molecule has 0 unspecified atom stereocenters. The van der Waals surface area contributed by atoms with Gasteiger partial charge in [0.05, 0.1) is 5.54 Å². The van der Waals surface area contributed by atoms with E-state index in [4.69, 9.17) is 6.42 Å². The Morgan fingerprint density at radius 2 is 2.33 bits per heavy atom. The van der Waals surface area contributed by atoms with E-state index in [1.165, 1.54) is 6.42 Å². The molecule has 1 rings (SSSR count). The van der Waals surface area contributed by atoms with Crippen LogP contribution in [-0.2, 0) is 0 Å². The summed E-state index contributed by atoms with van der Waals surface area (Å²) in [6.07, 6.45) is 7.77. The lowest BCUT2D eigenvalue weighted by molar-refractivity contribution is 0.262. The van der Waals surface area contributed by atoms with Crippen molar-refractivity contribution in [2.75, 3.05) is 13.6 Å². The zero-order chi connectivity index (χ0) is 6.91. The normalized spacial score (nSPS) is 36.6. The summed E-state index contributed by atoms with van der Waals surface area (Å²) in [4.78, 5) is 2.24. The Balaban J connectivity index is 2.70. The zero-order valence-electron chi connectivity index (χ0n) is 6.15. The predicted molar refractivity (Wildman–Crippen MR) is 39.1 cm³/mol. The van der Waals surface area contributed by atoms with Gasteiger partial charge in [0, 0.05) is 0 Å². The van der Waals surface area contributed by atoms with Gasteiger partial charge in [-0.25, -0.2) is 0 Å². The van der Waals surface area contributed by atoms with Crippen LogP contribution in [0.15, 0.2) is 0 Å². The van der Waals surface area contributed by atoms with E-state index in [1.54, 1.807) is 0 Å². The lowest BCUT2D eigenvalue weighted by Crippen LogP contribution is -2.36. The molecule has 9 heavy (non-hydrogen) atoms. The number of terminal acetylenes is 1. The molecule has 1 atom stereocenters. The highest BCUT2D eigenvalue weighted by Gasteiger charge is 2.31. The number of hydrogen-bond donors (Lipinski definition) is 0. The molecule has 0 aromatic heterocycles. The Morgan fingerprint density at radius 1 is 1.67 bits per heavy atom. The zero-order valence-corrected chi connectivity index (χ0v) is 6.15. The van der Waals surface area contributed by atoms with Crippen molar-refractivity contribution in [3.05, 3.63) is 0 Å². The van der Waals surface area contributed by atoms with Gasteiger partial charge in [-0.05, 0) is 33.4 Å². The van der Waals surface area contributed by atoms with E-state index < -0.39 is 0 Å². The van der Waals surface area contributed by atoms with Gasteiger partial charge in [-0.15, -0.1) is 6.42 Å². The molecule has 0 aromatic carbocycles. The second-order valence-electron chi connectivity index (χ2n) is 2.94. The third-order valence-electron chi connectivity index (χ3n) is 2.31. The predicted octanol–water partition coefficient (Wildman–Crippen LogP) is 1.10. The summed E-state index contributed by atoms with van der Waals surface area (Å²) in [5.41, 5.74) is 0.0556. The maximum Gasteiger partial charge on any atom is 0.0792 e. The molecular formula is C8H13N. The molecule has 1 nitrogen and oxygen atoms in total. The SMILES string of the molecule is C#C[C@@]1(C)CCCN1C. The van der Waals surface area contributed by atoms with Crippen molar-refractivity contribution in [3.63, 3.8) is 0 Å². The highest BCUT2D eigenvalue weighted by atomic mass is 15.2. The first kappa shape index (κ1) is 6.64. The van der Waals surface area contributed by atoms with Crippen LogP contribution in [0.4, 0.5) is 0 Å². The van der Waals surface area contributed by atoms with Gasteiger partial charge in [-0.1, -0.05) is 5.92 Å². The largest absolute Gasteiger partial charge is 0.291 e. The van der Waals surface area contributed by atoms with Crippen molar-refractivity contribution in [1.29, 1.82) is 0 Å². The molecule has 0 bridgehead atoms. The fourth-order valence-corrected chi connectivity index (χ4v) is 1.28. The summed E-state index contributed by atoms with van der Waals surface area (Å²) in [5.74, 6) is 2.82. The van der Waals surface area contributed by atoms with Crippen molar-refractivity contribution in [2.24, 2.45) is 0 Å². The third-order valence-corrected chi connectivity index (χ3v) is 2.31. The first-order valence-corrected chi connectivity index (χ1v) is 3.38. The Kier molecular flexibility index (Phi) is 1.50. The molecule has 0 spiro atoms. The minimum absolute atomic E-state index is 0.0556. The Hall–Kier alpha value is -0.480. The van der Waals surface area contributed by atoms with Gasteiger partial charge in [0.1, 0.15) is 0 Å². The van der Waals surface area contributed by atoms with Crippen LogP contribution in [0.2, 0.25) is 0 Å². The van der Waals surface area contributed by atoms with E-state index in [0.29, 0.717) is 0 Å². The Morgan fingerprint density at radius 3 is 2.56 bits per heavy atom. The molecule has 0 saturated carbocycles. The molecule has 1 fully saturated rings. The van der Waals surface area contributed by atoms with Crippen LogP contribution in [0.5, 0.6) is 0 Å². The van der Waals surface area contributed by atoms with Crippen LogP contribution < -0.4 is 0 Å².